The van der Waals surface area contributed by atoms with Gasteiger partial charge in [-0.15, -0.1) is 0 Å². The van der Waals surface area contributed by atoms with Gasteiger partial charge in [0.05, 0.1) is 0 Å². The molecule has 1 saturated heterocycles. The molecule has 1 N–H and O–H groups in total. The minimum Gasteiger partial charge on any atom is -0.356 e. The highest BCUT2D eigenvalue weighted by Gasteiger charge is 2.35. The molecule has 1 fully saturated rings. The Hall–Kier alpha value is -1.39. The molecule has 0 aromatic rings. The van der Waals surface area contributed by atoms with Crippen LogP contribution in [-0.2, 0) is 14.4 Å². The van der Waals surface area contributed by atoms with Gasteiger partial charge in [-0.3, -0.25) is 19.3 Å². The lowest BCUT2D eigenvalue weighted by Crippen LogP contribution is -2.35. The zero-order chi connectivity index (χ0) is 17.5. The molecule has 1 aliphatic rings. The van der Waals surface area contributed by atoms with E-state index in [2.05, 4.69) is 12.2 Å². The van der Waals surface area contributed by atoms with Crippen molar-refractivity contribution in [2.75, 3.05) is 13.1 Å². The van der Waals surface area contributed by atoms with Crippen molar-refractivity contribution in [1.29, 1.82) is 0 Å². The third-order valence-electron chi connectivity index (χ3n) is 3.13. The predicted octanol–water partition coefficient (Wildman–Crippen LogP) is 3.13. The normalized spacial score (nSPS) is 16.5. The van der Waals surface area contributed by atoms with Crippen LogP contribution in [0.3, 0.4) is 0 Å². The van der Waals surface area contributed by atoms with Crippen molar-refractivity contribution in [3.63, 3.8) is 0 Å². The summed E-state index contributed by atoms with van der Waals surface area (Å²) in [6, 6.07) is 0. The van der Waals surface area contributed by atoms with Gasteiger partial charge < -0.3 is 5.32 Å². The third kappa shape index (κ3) is 8.80. The second-order valence-electron chi connectivity index (χ2n) is 4.80. The average Bonchev–Trinajstić information content (AvgIpc) is 2.78. The first kappa shape index (κ1) is 22.9. The van der Waals surface area contributed by atoms with Gasteiger partial charge in [-0.25, -0.2) is 0 Å². The van der Waals surface area contributed by atoms with Crippen LogP contribution in [0.25, 0.3) is 0 Å². The maximum Gasteiger partial charge on any atom is 0.232 e. The van der Waals surface area contributed by atoms with E-state index in [0.29, 0.717) is 6.54 Å². The molecule has 3 amide bonds. The molecule has 1 unspecified atom stereocenters. The summed E-state index contributed by atoms with van der Waals surface area (Å²) in [5.41, 5.74) is 0. The number of unbranched alkanes of at least 4 members (excludes halogenated alkanes) is 2. The van der Waals surface area contributed by atoms with Crippen LogP contribution in [0, 0.1) is 5.92 Å². The molecule has 0 aromatic carbocycles. The van der Waals surface area contributed by atoms with Crippen molar-refractivity contribution >= 4 is 17.7 Å². The zero-order valence-electron chi connectivity index (χ0n) is 15.2. The summed E-state index contributed by atoms with van der Waals surface area (Å²) in [6.45, 7) is 12.7. The van der Waals surface area contributed by atoms with Crippen LogP contribution in [-0.4, -0.2) is 35.7 Å². The lowest BCUT2D eigenvalue weighted by Gasteiger charge is -2.13. The molecule has 1 atom stereocenters. The number of hydrogen-bond acceptors (Lipinski definition) is 3. The Labute approximate surface area is 135 Å². The van der Waals surface area contributed by atoms with Crippen molar-refractivity contribution in [2.45, 2.75) is 73.6 Å². The lowest BCUT2D eigenvalue weighted by atomic mass is 10.1. The summed E-state index contributed by atoms with van der Waals surface area (Å²) < 4.78 is 0. The Balaban J connectivity index is 0. The first-order valence-corrected chi connectivity index (χ1v) is 8.67. The molecule has 0 radical (unpaired) electrons. The summed E-state index contributed by atoms with van der Waals surface area (Å²) in [5, 5.41) is 2.79. The van der Waals surface area contributed by atoms with Gasteiger partial charge in [-0.1, -0.05) is 54.4 Å². The van der Waals surface area contributed by atoms with Gasteiger partial charge in [0, 0.05) is 31.8 Å². The van der Waals surface area contributed by atoms with Crippen LogP contribution in [0.2, 0.25) is 0 Å². The molecule has 0 aromatic heterocycles. The molecule has 0 saturated carbocycles. The molecule has 1 rings (SSSR count). The molecule has 130 valence electrons. The van der Waals surface area contributed by atoms with Crippen LogP contribution >= 0.6 is 0 Å². The minimum absolute atomic E-state index is 0.0914. The van der Waals surface area contributed by atoms with E-state index in [0.717, 1.165) is 19.3 Å². The topological polar surface area (TPSA) is 66.5 Å². The predicted molar refractivity (Wildman–Crippen MR) is 90.3 cm³/mol. The van der Waals surface area contributed by atoms with Gasteiger partial charge in [-0.05, 0) is 6.42 Å². The van der Waals surface area contributed by atoms with E-state index >= 15 is 0 Å². The Morgan fingerprint density at radius 1 is 1.18 bits per heavy atom. The second kappa shape index (κ2) is 14.5. The van der Waals surface area contributed by atoms with Crippen molar-refractivity contribution in [3.05, 3.63) is 0 Å². The molecular formula is C17H34N2O3. The van der Waals surface area contributed by atoms with E-state index in [1.54, 1.807) is 6.92 Å². The summed E-state index contributed by atoms with van der Waals surface area (Å²) in [5.74, 6) is -0.638. The Morgan fingerprint density at radius 2 is 1.77 bits per heavy atom. The fourth-order valence-corrected chi connectivity index (χ4v) is 1.99. The number of carbonyl (C=O) groups is 3. The summed E-state index contributed by atoms with van der Waals surface area (Å²) in [7, 11) is 0. The first-order valence-electron chi connectivity index (χ1n) is 8.67. The highest BCUT2D eigenvalue weighted by Crippen LogP contribution is 2.18. The van der Waals surface area contributed by atoms with E-state index in [9.17, 15) is 14.4 Å². The van der Waals surface area contributed by atoms with E-state index in [1.807, 2.05) is 27.7 Å². The Bertz CT molecular complexity index is 330. The lowest BCUT2D eigenvalue weighted by molar-refractivity contribution is -0.139. The first-order chi connectivity index (χ1) is 10.6. The van der Waals surface area contributed by atoms with Gasteiger partial charge in [0.2, 0.25) is 17.7 Å². The number of hydrogen-bond donors (Lipinski definition) is 1. The van der Waals surface area contributed by atoms with Crippen LogP contribution in [0.5, 0.6) is 0 Å². The van der Waals surface area contributed by atoms with E-state index in [1.165, 1.54) is 4.90 Å². The SMILES string of the molecule is CC.CC.CCCCCNC(=O)CCN1C(=O)CC(C)C1=O. The molecule has 0 spiro atoms. The Kier molecular flexibility index (Phi) is 15.1. The summed E-state index contributed by atoms with van der Waals surface area (Å²) in [4.78, 5) is 35.8. The minimum atomic E-state index is -0.231. The van der Waals surface area contributed by atoms with E-state index < -0.39 is 0 Å². The fourth-order valence-electron chi connectivity index (χ4n) is 1.99. The van der Waals surface area contributed by atoms with Gasteiger partial charge in [-0.2, -0.15) is 0 Å². The monoisotopic (exact) mass is 314 g/mol. The molecule has 1 aliphatic heterocycles. The number of nitrogens with zero attached hydrogens (tertiary/aromatic N) is 1. The number of imide groups is 1. The number of rotatable bonds is 7. The van der Waals surface area contributed by atoms with Gasteiger partial charge in [0.15, 0.2) is 0 Å². The highest BCUT2D eigenvalue weighted by molar-refractivity contribution is 6.03. The zero-order valence-corrected chi connectivity index (χ0v) is 15.2. The molecular weight excluding hydrogens is 280 g/mol. The number of carbonyl (C=O) groups excluding carboxylic acids is 3. The smallest absolute Gasteiger partial charge is 0.232 e. The Morgan fingerprint density at radius 3 is 2.23 bits per heavy atom. The van der Waals surface area contributed by atoms with Crippen molar-refractivity contribution < 1.29 is 14.4 Å². The maximum atomic E-state index is 11.6. The number of likely N-dealkylation sites (tertiary alicyclic amines) is 1. The molecule has 5 heteroatoms. The number of amides is 3. The van der Waals surface area contributed by atoms with E-state index in [-0.39, 0.29) is 43.0 Å². The van der Waals surface area contributed by atoms with Crippen LogP contribution < -0.4 is 5.32 Å². The molecule has 22 heavy (non-hydrogen) atoms. The molecule has 1 heterocycles. The fraction of sp³-hybridized carbons (Fsp3) is 0.824. The maximum absolute atomic E-state index is 11.6. The van der Waals surface area contributed by atoms with Crippen molar-refractivity contribution in [3.8, 4) is 0 Å². The summed E-state index contributed by atoms with van der Waals surface area (Å²) >= 11 is 0. The van der Waals surface area contributed by atoms with Gasteiger partial charge in [0.1, 0.15) is 0 Å². The van der Waals surface area contributed by atoms with Crippen LogP contribution in [0.15, 0.2) is 0 Å². The van der Waals surface area contributed by atoms with Gasteiger partial charge in [0.25, 0.3) is 0 Å². The number of nitrogens with one attached hydrogen (secondary N) is 1. The molecule has 5 nitrogen and oxygen atoms in total. The van der Waals surface area contributed by atoms with Crippen LogP contribution in [0.1, 0.15) is 73.6 Å². The molecule has 0 bridgehead atoms. The third-order valence-corrected chi connectivity index (χ3v) is 3.13. The van der Waals surface area contributed by atoms with Gasteiger partial charge >= 0.3 is 0 Å². The van der Waals surface area contributed by atoms with Crippen molar-refractivity contribution in [2.24, 2.45) is 5.92 Å². The second-order valence-corrected chi connectivity index (χ2v) is 4.80. The van der Waals surface area contributed by atoms with E-state index in [4.69, 9.17) is 0 Å². The standard InChI is InChI=1S/C13H22N2O3.2C2H6/c1-3-4-5-7-14-11(16)6-8-15-12(17)9-10(2)13(15)18;2*1-2/h10H,3-9H2,1-2H3,(H,14,16);2*1-2H3. The highest BCUT2D eigenvalue weighted by atomic mass is 16.2. The largest absolute Gasteiger partial charge is 0.356 e. The van der Waals surface area contributed by atoms with Crippen LogP contribution in [0.4, 0.5) is 0 Å². The molecule has 0 aliphatic carbocycles. The average molecular weight is 314 g/mol. The summed E-state index contributed by atoms with van der Waals surface area (Å²) in [6.07, 6.45) is 3.67. The van der Waals surface area contributed by atoms with Crippen molar-refractivity contribution in [1.82, 2.24) is 10.2 Å². The quantitative estimate of drug-likeness (QED) is 0.580.